The molecule has 1 aliphatic rings. The molecule has 4 nitrogen and oxygen atoms in total. The van der Waals surface area contributed by atoms with E-state index in [2.05, 4.69) is 0 Å². The van der Waals surface area contributed by atoms with Gasteiger partial charge in [-0.25, -0.2) is 13.2 Å². The monoisotopic (exact) mass is 348 g/mol. The molecule has 2 atom stereocenters. The fourth-order valence-electron chi connectivity index (χ4n) is 2.99. The zero-order chi connectivity index (χ0) is 18.3. The second kappa shape index (κ2) is 6.23. The summed E-state index contributed by atoms with van der Waals surface area (Å²) in [5, 5.41) is 0. The predicted octanol–water partition coefficient (Wildman–Crippen LogP) is 2.97. The van der Waals surface area contributed by atoms with Crippen molar-refractivity contribution >= 4 is 17.5 Å². The van der Waals surface area contributed by atoms with Gasteiger partial charge in [-0.15, -0.1) is 0 Å². The van der Waals surface area contributed by atoms with Crippen molar-refractivity contribution in [1.82, 2.24) is 0 Å². The molecule has 0 aliphatic heterocycles. The van der Waals surface area contributed by atoms with Gasteiger partial charge in [0.25, 0.3) is 5.91 Å². The highest BCUT2D eigenvalue weighted by Gasteiger charge is 2.46. The lowest BCUT2D eigenvalue weighted by molar-refractivity contribution is -0.119. The molecule has 7 heteroatoms. The van der Waals surface area contributed by atoms with E-state index in [1.54, 1.807) is 0 Å². The van der Waals surface area contributed by atoms with Gasteiger partial charge in [-0.3, -0.25) is 9.59 Å². The molecule has 0 spiro atoms. The van der Waals surface area contributed by atoms with Crippen molar-refractivity contribution in [3.05, 3.63) is 65.0 Å². The third-order valence-corrected chi connectivity index (χ3v) is 4.40. The van der Waals surface area contributed by atoms with Gasteiger partial charge < -0.3 is 10.6 Å². The summed E-state index contributed by atoms with van der Waals surface area (Å²) in [5.41, 5.74) is 5.47. The van der Waals surface area contributed by atoms with Gasteiger partial charge in [0, 0.05) is 13.0 Å². The average Bonchev–Trinajstić information content (AvgIpc) is 3.36. The Hall–Kier alpha value is -2.83. The van der Waals surface area contributed by atoms with Crippen molar-refractivity contribution in [3.63, 3.8) is 0 Å². The maximum Gasteiger partial charge on any atom is 0.250 e. The maximum absolute atomic E-state index is 14.1. The summed E-state index contributed by atoms with van der Waals surface area (Å²) in [6.07, 6.45) is 0.439. The average molecular weight is 348 g/mol. The first-order valence-corrected chi connectivity index (χ1v) is 7.62. The lowest BCUT2D eigenvalue weighted by Crippen LogP contribution is -2.31. The number of hydrogen-bond acceptors (Lipinski definition) is 2. The van der Waals surface area contributed by atoms with E-state index in [4.69, 9.17) is 5.73 Å². The molecule has 25 heavy (non-hydrogen) atoms. The van der Waals surface area contributed by atoms with Crippen LogP contribution >= 0.6 is 0 Å². The number of primary amides is 1. The number of nitrogens with zero attached hydrogens (tertiary/aromatic N) is 1. The number of amides is 2. The van der Waals surface area contributed by atoms with Gasteiger partial charge >= 0.3 is 0 Å². The third kappa shape index (κ3) is 3.09. The first kappa shape index (κ1) is 17.0. The summed E-state index contributed by atoms with van der Waals surface area (Å²) in [6.45, 7) is 0. The highest BCUT2D eigenvalue weighted by atomic mass is 19.2. The fraction of sp³-hybridized carbons (Fsp3) is 0.222. The van der Waals surface area contributed by atoms with Crippen LogP contribution in [0, 0.1) is 23.4 Å². The number of nitrogens with two attached hydrogens (primary N) is 1. The summed E-state index contributed by atoms with van der Waals surface area (Å²) < 4.78 is 40.5. The molecule has 1 aliphatic carbocycles. The van der Waals surface area contributed by atoms with Crippen LogP contribution < -0.4 is 10.6 Å². The number of anilines is 1. The molecule has 0 saturated heterocycles. The predicted molar refractivity (Wildman–Crippen MR) is 85.5 cm³/mol. The molecule has 0 bridgehead atoms. The van der Waals surface area contributed by atoms with Crippen molar-refractivity contribution < 1.29 is 22.8 Å². The Kier molecular flexibility index (Phi) is 4.24. The van der Waals surface area contributed by atoms with E-state index in [1.807, 2.05) is 0 Å². The summed E-state index contributed by atoms with van der Waals surface area (Å²) in [5.74, 6) is -4.69. The molecule has 0 aromatic heterocycles. The number of carbonyl (C=O) groups excluding carboxylic acids is 2. The van der Waals surface area contributed by atoms with Crippen LogP contribution in [-0.4, -0.2) is 18.9 Å². The van der Waals surface area contributed by atoms with Crippen LogP contribution in [0.1, 0.15) is 28.3 Å². The van der Waals surface area contributed by atoms with Gasteiger partial charge in [-0.05, 0) is 42.2 Å². The Morgan fingerprint density at radius 1 is 1.08 bits per heavy atom. The standard InChI is InChI=1S/C18H15F3N2O2/c1-23(16-10(17(22)24)3-2-4-14(16)20)18(25)12-8-11(12)9-5-6-13(19)15(21)7-9/h2-7,11-12H,8H2,1H3,(H2,22,24)/t11-,12-/m0/s1. The van der Waals surface area contributed by atoms with Crippen molar-refractivity contribution in [2.45, 2.75) is 12.3 Å². The summed E-state index contributed by atoms with van der Waals surface area (Å²) in [7, 11) is 1.35. The van der Waals surface area contributed by atoms with Crippen LogP contribution in [0.15, 0.2) is 36.4 Å². The second-order valence-electron chi connectivity index (χ2n) is 6.02. The lowest BCUT2D eigenvalue weighted by Gasteiger charge is -2.20. The van der Waals surface area contributed by atoms with Crippen molar-refractivity contribution in [2.75, 3.05) is 11.9 Å². The molecular formula is C18H15F3N2O2. The molecule has 3 rings (SSSR count). The van der Waals surface area contributed by atoms with Gasteiger partial charge in [0.1, 0.15) is 5.82 Å². The topological polar surface area (TPSA) is 63.4 Å². The van der Waals surface area contributed by atoms with Crippen molar-refractivity contribution in [1.29, 1.82) is 0 Å². The molecule has 2 N–H and O–H groups in total. The molecule has 0 unspecified atom stereocenters. The van der Waals surface area contributed by atoms with Crippen molar-refractivity contribution in [2.24, 2.45) is 11.7 Å². The second-order valence-corrected chi connectivity index (χ2v) is 6.02. The van der Waals surface area contributed by atoms with E-state index in [-0.39, 0.29) is 17.2 Å². The Balaban J connectivity index is 1.83. The normalized spacial score (nSPS) is 18.7. The lowest BCUT2D eigenvalue weighted by atomic mass is 10.1. The molecule has 0 radical (unpaired) electrons. The van der Waals surface area contributed by atoms with Gasteiger partial charge in [0.05, 0.1) is 11.3 Å². The van der Waals surface area contributed by atoms with E-state index in [0.717, 1.165) is 23.1 Å². The van der Waals surface area contributed by atoms with E-state index < -0.39 is 35.2 Å². The molecule has 130 valence electrons. The van der Waals surface area contributed by atoms with Gasteiger partial charge in [-0.2, -0.15) is 0 Å². The first-order valence-electron chi connectivity index (χ1n) is 7.62. The number of carbonyl (C=O) groups is 2. The quantitative estimate of drug-likeness (QED) is 0.923. The molecular weight excluding hydrogens is 333 g/mol. The van der Waals surface area contributed by atoms with E-state index in [1.165, 1.54) is 25.2 Å². The van der Waals surface area contributed by atoms with Crippen LogP contribution in [0.4, 0.5) is 18.9 Å². The number of benzene rings is 2. The Morgan fingerprint density at radius 2 is 1.80 bits per heavy atom. The van der Waals surface area contributed by atoms with Crippen LogP contribution in [0.25, 0.3) is 0 Å². The molecule has 2 aromatic carbocycles. The molecule has 1 saturated carbocycles. The highest BCUT2D eigenvalue weighted by molar-refractivity contribution is 6.05. The smallest absolute Gasteiger partial charge is 0.250 e. The van der Waals surface area contributed by atoms with Crippen molar-refractivity contribution in [3.8, 4) is 0 Å². The minimum atomic E-state index is -0.978. The summed E-state index contributed by atoms with van der Waals surface area (Å²) in [6, 6.07) is 7.30. The van der Waals surface area contributed by atoms with E-state index in [9.17, 15) is 22.8 Å². The molecule has 2 aromatic rings. The van der Waals surface area contributed by atoms with E-state index in [0.29, 0.717) is 12.0 Å². The number of halogens is 3. The summed E-state index contributed by atoms with van der Waals surface area (Å²) in [4.78, 5) is 25.1. The third-order valence-electron chi connectivity index (χ3n) is 4.40. The highest BCUT2D eigenvalue weighted by Crippen LogP contribution is 2.49. The minimum absolute atomic E-state index is 0.0964. The van der Waals surface area contributed by atoms with E-state index >= 15 is 0 Å². The Morgan fingerprint density at radius 3 is 2.44 bits per heavy atom. The van der Waals surface area contributed by atoms with Crippen LogP contribution in [0.5, 0.6) is 0 Å². The number of rotatable bonds is 4. The van der Waals surface area contributed by atoms with Gasteiger partial charge in [0.2, 0.25) is 5.91 Å². The van der Waals surface area contributed by atoms with Crippen LogP contribution in [0.3, 0.4) is 0 Å². The summed E-state index contributed by atoms with van der Waals surface area (Å²) >= 11 is 0. The Bertz CT molecular complexity index is 869. The largest absolute Gasteiger partial charge is 0.366 e. The van der Waals surface area contributed by atoms with Crippen LogP contribution in [0.2, 0.25) is 0 Å². The molecule has 2 amide bonds. The first-order chi connectivity index (χ1) is 11.8. The molecule has 0 heterocycles. The van der Waals surface area contributed by atoms with Gasteiger partial charge in [0.15, 0.2) is 11.6 Å². The van der Waals surface area contributed by atoms with Crippen LogP contribution in [-0.2, 0) is 4.79 Å². The van der Waals surface area contributed by atoms with Gasteiger partial charge in [-0.1, -0.05) is 12.1 Å². The maximum atomic E-state index is 14.1. The fourth-order valence-corrected chi connectivity index (χ4v) is 2.99. The number of para-hydroxylation sites is 1. The minimum Gasteiger partial charge on any atom is -0.366 e. The zero-order valence-electron chi connectivity index (χ0n) is 13.3. The zero-order valence-corrected chi connectivity index (χ0v) is 13.3. The SMILES string of the molecule is CN(C(=O)[C@H]1C[C@H]1c1ccc(F)c(F)c1)c1c(F)cccc1C(N)=O. The number of hydrogen-bond donors (Lipinski definition) is 1. The molecule has 1 fully saturated rings. The Labute approximate surface area is 142 Å².